The zero-order valence-electron chi connectivity index (χ0n) is 15.4. The fourth-order valence-corrected chi connectivity index (χ4v) is 3.34. The Hall–Kier alpha value is -2.31. The first kappa shape index (κ1) is 17.5. The summed E-state index contributed by atoms with van der Waals surface area (Å²) in [6.45, 7) is 9.48. The molecule has 2 atom stereocenters. The second-order valence-electron chi connectivity index (χ2n) is 7.77. The van der Waals surface area contributed by atoms with Crippen LogP contribution in [0.5, 0.6) is 0 Å². The van der Waals surface area contributed by atoms with Crippen molar-refractivity contribution in [3.05, 3.63) is 36.3 Å². The van der Waals surface area contributed by atoms with Gasteiger partial charge in [0, 0.05) is 6.54 Å². The molecule has 3 rings (SSSR count). The second kappa shape index (κ2) is 6.90. The molecule has 0 bridgehead atoms. The molecule has 1 aliphatic heterocycles. The van der Waals surface area contributed by atoms with Crippen LogP contribution in [0, 0.1) is 5.92 Å². The van der Waals surface area contributed by atoms with E-state index < -0.39 is 0 Å². The minimum atomic E-state index is -0.173. The van der Waals surface area contributed by atoms with Crippen molar-refractivity contribution in [2.75, 3.05) is 6.54 Å². The van der Waals surface area contributed by atoms with E-state index in [2.05, 4.69) is 43.1 Å². The summed E-state index contributed by atoms with van der Waals surface area (Å²) in [5.74, 6) is 2.17. The lowest BCUT2D eigenvalue weighted by molar-refractivity contribution is 0.119. The van der Waals surface area contributed by atoms with E-state index in [4.69, 9.17) is 4.42 Å². The van der Waals surface area contributed by atoms with Gasteiger partial charge in [-0.15, -0.1) is 0 Å². The number of carbonyl (C=O) groups excluding carboxylic acids is 1. The van der Waals surface area contributed by atoms with Crippen LogP contribution >= 0.6 is 0 Å². The molecule has 0 spiro atoms. The van der Waals surface area contributed by atoms with Gasteiger partial charge in [-0.25, -0.2) is 14.5 Å². The van der Waals surface area contributed by atoms with Gasteiger partial charge in [-0.3, -0.25) is 0 Å². The molecule has 136 valence electrons. The third-order valence-corrected chi connectivity index (χ3v) is 4.65. The minimum absolute atomic E-state index is 0.0146. The number of amides is 2. The average molecular weight is 345 g/mol. The summed E-state index contributed by atoms with van der Waals surface area (Å²) in [5, 5.41) is 7.27. The maximum atomic E-state index is 12.8. The molecule has 3 heterocycles. The summed E-state index contributed by atoms with van der Waals surface area (Å²) < 4.78 is 7.41. The number of carbonyl (C=O) groups is 1. The van der Waals surface area contributed by atoms with Crippen molar-refractivity contribution in [3.8, 4) is 0 Å². The minimum Gasteiger partial charge on any atom is -0.467 e. The number of aromatic nitrogens is 3. The van der Waals surface area contributed by atoms with Crippen molar-refractivity contribution in [1.82, 2.24) is 25.0 Å². The lowest BCUT2D eigenvalue weighted by Crippen LogP contribution is -2.46. The van der Waals surface area contributed by atoms with Crippen molar-refractivity contribution in [1.29, 1.82) is 0 Å². The van der Waals surface area contributed by atoms with Crippen molar-refractivity contribution >= 4 is 6.03 Å². The fourth-order valence-electron chi connectivity index (χ4n) is 3.34. The molecule has 2 aromatic heterocycles. The average Bonchev–Trinajstić information content (AvgIpc) is 3.23. The third-order valence-electron chi connectivity index (χ3n) is 4.65. The highest BCUT2D eigenvalue weighted by atomic mass is 16.3. The molecule has 1 saturated heterocycles. The Kier molecular flexibility index (Phi) is 4.83. The van der Waals surface area contributed by atoms with Gasteiger partial charge in [0.2, 0.25) is 0 Å². The lowest BCUT2D eigenvalue weighted by Gasteiger charge is -2.37. The highest BCUT2D eigenvalue weighted by molar-refractivity contribution is 5.74. The molecule has 0 aromatic carbocycles. The summed E-state index contributed by atoms with van der Waals surface area (Å²) >= 11 is 0. The van der Waals surface area contributed by atoms with E-state index in [-0.39, 0.29) is 17.6 Å². The number of nitrogens with zero attached hydrogens (tertiary/aromatic N) is 4. The van der Waals surface area contributed by atoms with Crippen molar-refractivity contribution in [2.45, 2.75) is 58.7 Å². The Morgan fingerprint density at radius 2 is 2.24 bits per heavy atom. The first-order chi connectivity index (χ1) is 11.9. The highest BCUT2D eigenvalue weighted by Gasteiger charge is 2.33. The van der Waals surface area contributed by atoms with E-state index >= 15 is 0 Å². The molecule has 0 aliphatic carbocycles. The molecular formula is C18H27N5O2. The molecule has 2 amide bonds. The normalized spacial score (nSPS) is 21.4. The van der Waals surface area contributed by atoms with Gasteiger partial charge in [-0.1, -0.05) is 6.92 Å². The number of likely N-dealkylation sites (tertiary alicyclic amines) is 1. The molecule has 0 radical (unpaired) electrons. The number of piperidine rings is 1. The summed E-state index contributed by atoms with van der Waals surface area (Å²) in [5.41, 5.74) is -0.173. The first-order valence-electron chi connectivity index (χ1n) is 8.83. The third kappa shape index (κ3) is 3.86. The Morgan fingerprint density at radius 3 is 2.92 bits per heavy atom. The van der Waals surface area contributed by atoms with Gasteiger partial charge in [-0.05, 0) is 51.7 Å². The number of nitrogens with one attached hydrogen (secondary N) is 1. The predicted octanol–water partition coefficient (Wildman–Crippen LogP) is 3.31. The molecule has 1 aliphatic rings. The summed E-state index contributed by atoms with van der Waals surface area (Å²) in [6, 6.07) is 3.71. The highest BCUT2D eigenvalue weighted by Crippen LogP contribution is 2.34. The van der Waals surface area contributed by atoms with Crippen LogP contribution in [0.3, 0.4) is 0 Å². The summed E-state index contributed by atoms with van der Waals surface area (Å²) in [7, 11) is 0. The SMILES string of the molecule is C[C@@H]1CCN(C(=O)NCc2ncnn2C(C)(C)C)[C@@H](c2ccco2)C1. The quantitative estimate of drug-likeness (QED) is 0.926. The molecule has 2 aromatic rings. The van der Waals surface area contributed by atoms with Gasteiger partial charge < -0.3 is 14.6 Å². The van der Waals surface area contributed by atoms with Crippen LogP contribution in [0.2, 0.25) is 0 Å². The Labute approximate surface area is 148 Å². The predicted molar refractivity (Wildman–Crippen MR) is 93.8 cm³/mol. The number of rotatable bonds is 3. The second-order valence-corrected chi connectivity index (χ2v) is 7.77. The van der Waals surface area contributed by atoms with Crippen molar-refractivity contribution in [3.63, 3.8) is 0 Å². The Balaban J connectivity index is 1.69. The monoisotopic (exact) mass is 345 g/mol. The lowest BCUT2D eigenvalue weighted by atomic mass is 9.91. The van der Waals surface area contributed by atoms with E-state index in [0.29, 0.717) is 12.5 Å². The standard InChI is InChI=1S/C18H27N5O2/c1-13-7-8-22(14(10-13)15-6-5-9-25-15)17(24)19-11-16-20-12-21-23(16)18(2,3)4/h5-6,9,12-14H,7-8,10-11H2,1-4H3,(H,19,24)/t13-,14-/m1/s1. The number of urea groups is 1. The van der Waals surface area contributed by atoms with Crippen LogP contribution < -0.4 is 5.32 Å². The van der Waals surface area contributed by atoms with Gasteiger partial charge in [-0.2, -0.15) is 5.10 Å². The van der Waals surface area contributed by atoms with Crippen LogP contribution in [0.25, 0.3) is 0 Å². The van der Waals surface area contributed by atoms with Gasteiger partial charge in [0.15, 0.2) is 0 Å². The van der Waals surface area contributed by atoms with Crippen LogP contribution in [0.15, 0.2) is 29.1 Å². The van der Waals surface area contributed by atoms with Crippen LogP contribution in [-0.4, -0.2) is 32.2 Å². The number of furan rings is 1. The van der Waals surface area contributed by atoms with E-state index in [1.54, 1.807) is 6.26 Å². The van der Waals surface area contributed by atoms with Crippen molar-refractivity contribution in [2.24, 2.45) is 5.92 Å². The largest absolute Gasteiger partial charge is 0.467 e. The number of hydrogen-bond acceptors (Lipinski definition) is 4. The van der Waals surface area contributed by atoms with E-state index in [0.717, 1.165) is 31.0 Å². The molecule has 1 fully saturated rings. The van der Waals surface area contributed by atoms with Crippen LogP contribution in [0.4, 0.5) is 4.79 Å². The van der Waals surface area contributed by atoms with E-state index in [1.165, 1.54) is 6.33 Å². The summed E-state index contributed by atoms with van der Waals surface area (Å²) in [4.78, 5) is 18.9. The first-order valence-corrected chi connectivity index (χ1v) is 8.83. The topological polar surface area (TPSA) is 76.2 Å². The van der Waals surface area contributed by atoms with Gasteiger partial charge in [0.1, 0.15) is 17.9 Å². The van der Waals surface area contributed by atoms with Gasteiger partial charge in [0.25, 0.3) is 0 Å². The van der Waals surface area contributed by atoms with Crippen LogP contribution in [0.1, 0.15) is 58.2 Å². The Bertz CT molecular complexity index is 701. The smallest absolute Gasteiger partial charge is 0.318 e. The van der Waals surface area contributed by atoms with Crippen molar-refractivity contribution < 1.29 is 9.21 Å². The Morgan fingerprint density at radius 1 is 1.44 bits per heavy atom. The summed E-state index contributed by atoms with van der Waals surface area (Å²) in [6.07, 6.45) is 5.11. The maximum Gasteiger partial charge on any atom is 0.318 e. The molecule has 0 unspecified atom stereocenters. The van der Waals surface area contributed by atoms with Gasteiger partial charge in [0.05, 0.1) is 24.4 Å². The molecule has 25 heavy (non-hydrogen) atoms. The van der Waals surface area contributed by atoms with E-state index in [9.17, 15) is 4.79 Å². The molecule has 7 heteroatoms. The molecule has 7 nitrogen and oxygen atoms in total. The molecular weight excluding hydrogens is 318 g/mol. The zero-order valence-corrected chi connectivity index (χ0v) is 15.4. The maximum absolute atomic E-state index is 12.8. The van der Waals surface area contributed by atoms with E-state index in [1.807, 2.05) is 21.7 Å². The van der Waals surface area contributed by atoms with Gasteiger partial charge >= 0.3 is 6.03 Å². The molecule has 0 saturated carbocycles. The fraction of sp³-hybridized carbons (Fsp3) is 0.611. The molecule has 1 N–H and O–H groups in total. The number of hydrogen-bond donors (Lipinski definition) is 1. The van der Waals surface area contributed by atoms with Crippen LogP contribution in [-0.2, 0) is 12.1 Å². The zero-order chi connectivity index (χ0) is 18.0.